The number of amides is 1. The number of hydrogen-bond acceptors (Lipinski definition) is 4. The number of carbonyl (C=O) groups is 1. The van der Waals surface area contributed by atoms with Gasteiger partial charge in [0, 0.05) is 30.9 Å². The van der Waals surface area contributed by atoms with Crippen LogP contribution in [0.25, 0.3) is 22.1 Å². The van der Waals surface area contributed by atoms with Crippen molar-refractivity contribution in [1.82, 2.24) is 23.9 Å². The maximum Gasteiger partial charge on any atom is 0.329 e. The van der Waals surface area contributed by atoms with Crippen LogP contribution in [0.5, 0.6) is 0 Å². The van der Waals surface area contributed by atoms with Crippen LogP contribution >= 0.6 is 0 Å². The van der Waals surface area contributed by atoms with Gasteiger partial charge in [0.25, 0.3) is 0 Å². The molecule has 156 valence electrons. The quantitative estimate of drug-likeness (QED) is 0.508. The average molecular weight is 406 g/mol. The number of hydrogen-bond donors (Lipinski definition) is 1. The zero-order valence-electron chi connectivity index (χ0n) is 17.5. The van der Waals surface area contributed by atoms with Crippen LogP contribution in [-0.2, 0) is 17.9 Å². The summed E-state index contributed by atoms with van der Waals surface area (Å²) < 4.78 is 5.30. The van der Waals surface area contributed by atoms with E-state index in [4.69, 9.17) is 0 Å². The Balaban J connectivity index is 1.50. The van der Waals surface area contributed by atoms with Gasteiger partial charge in [-0.2, -0.15) is 5.10 Å². The molecule has 30 heavy (non-hydrogen) atoms. The molecule has 0 saturated carbocycles. The molecule has 0 atom stereocenters. The Morgan fingerprint density at radius 3 is 2.47 bits per heavy atom. The van der Waals surface area contributed by atoms with Gasteiger partial charge >= 0.3 is 5.69 Å². The normalized spacial score (nSPS) is 11.6. The number of pyridine rings is 1. The van der Waals surface area contributed by atoms with E-state index in [1.54, 1.807) is 21.5 Å². The maximum absolute atomic E-state index is 12.8. The number of benzene rings is 1. The predicted octanol–water partition coefficient (Wildman–Crippen LogP) is 3.57. The second kappa shape index (κ2) is 8.14. The van der Waals surface area contributed by atoms with Crippen molar-refractivity contribution in [2.75, 3.05) is 5.32 Å². The summed E-state index contributed by atoms with van der Waals surface area (Å²) in [4.78, 5) is 29.8. The third kappa shape index (κ3) is 3.60. The highest BCUT2D eigenvalue weighted by Gasteiger charge is 2.14. The molecule has 1 N–H and O–H groups in total. The minimum Gasteiger partial charge on any atom is -0.325 e. The smallest absolute Gasteiger partial charge is 0.325 e. The number of fused-ring (bicyclic) bond motifs is 2. The number of aryl methyl sites for hydroxylation is 2. The van der Waals surface area contributed by atoms with E-state index < -0.39 is 0 Å². The molecule has 0 aliphatic heterocycles. The summed E-state index contributed by atoms with van der Waals surface area (Å²) in [6, 6.07) is 9.78. The van der Waals surface area contributed by atoms with Crippen LogP contribution in [0.4, 0.5) is 5.69 Å². The van der Waals surface area contributed by atoms with Crippen LogP contribution in [0.15, 0.2) is 47.5 Å². The van der Waals surface area contributed by atoms with Gasteiger partial charge in [0.1, 0.15) is 0 Å². The predicted molar refractivity (Wildman–Crippen MR) is 118 cm³/mol. The van der Waals surface area contributed by atoms with Crippen LogP contribution in [0.2, 0.25) is 0 Å². The van der Waals surface area contributed by atoms with Crippen molar-refractivity contribution in [3.63, 3.8) is 0 Å². The lowest BCUT2D eigenvalue weighted by molar-refractivity contribution is -0.116. The SMILES string of the molecule is CCCn1c(=O)n(CCC(=O)Nc2cnc3c(cnn3C(C)C)c2)c2ccccc21. The van der Waals surface area contributed by atoms with Crippen molar-refractivity contribution < 1.29 is 4.79 Å². The molecule has 3 heterocycles. The summed E-state index contributed by atoms with van der Waals surface area (Å²) >= 11 is 0. The molecule has 4 rings (SSSR count). The third-order valence-corrected chi connectivity index (χ3v) is 5.14. The number of aromatic nitrogens is 5. The van der Waals surface area contributed by atoms with E-state index in [1.807, 2.05) is 55.8 Å². The van der Waals surface area contributed by atoms with Gasteiger partial charge in [-0.3, -0.25) is 13.9 Å². The number of carbonyl (C=O) groups excluding carboxylic acids is 1. The van der Waals surface area contributed by atoms with E-state index in [2.05, 4.69) is 15.4 Å². The number of anilines is 1. The van der Waals surface area contributed by atoms with Crippen LogP contribution in [0.3, 0.4) is 0 Å². The van der Waals surface area contributed by atoms with Crippen LogP contribution in [0, 0.1) is 0 Å². The lowest BCUT2D eigenvalue weighted by atomic mass is 10.3. The Morgan fingerprint density at radius 2 is 1.80 bits per heavy atom. The van der Waals surface area contributed by atoms with Crippen molar-refractivity contribution in [3.05, 3.63) is 53.2 Å². The fourth-order valence-corrected chi connectivity index (χ4v) is 3.75. The molecule has 0 unspecified atom stereocenters. The van der Waals surface area contributed by atoms with Crippen molar-refractivity contribution in [2.24, 2.45) is 0 Å². The molecule has 0 radical (unpaired) electrons. The van der Waals surface area contributed by atoms with E-state index in [9.17, 15) is 9.59 Å². The van der Waals surface area contributed by atoms with Crippen molar-refractivity contribution in [3.8, 4) is 0 Å². The summed E-state index contributed by atoms with van der Waals surface area (Å²) in [5.74, 6) is -0.161. The topological polar surface area (TPSA) is 86.7 Å². The van der Waals surface area contributed by atoms with Gasteiger partial charge in [0.15, 0.2) is 5.65 Å². The van der Waals surface area contributed by atoms with Gasteiger partial charge in [-0.05, 0) is 38.5 Å². The minimum absolute atomic E-state index is 0.0740. The summed E-state index contributed by atoms with van der Waals surface area (Å²) in [5, 5.41) is 8.11. The second-order valence-electron chi connectivity index (χ2n) is 7.69. The van der Waals surface area contributed by atoms with Gasteiger partial charge in [0.05, 0.1) is 29.1 Å². The summed E-state index contributed by atoms with van der Waals surface area (Å²) in [6.07, 6.45) is 4.46. The summed E-state index contributed by atoms with van der Waals surface area (Å²) in [5.41, 5.74) is 3.10. The first-order valence-corrected chi connectivity index (χ1v) is 10.3. The molecule has 1 aromatic carbocycles. The van der Waals surface area contributed by atoms with E-state index in [0.29, 0.717) is 18.8 Å². The molecule has 0 saturated heterocycles. The highest BCUT2D eigenvalue weighted by atomic mass is 16.2. The average Bonchev–Trinajstić information content (AvgIpc) is 3.26. The van der Waals surface area contributed by atoms with Crippen LogP contribution in [-0.4, -0.2) is 29.8 Å². The number of imidazole rings is 1. The Kier molecular flexibility index (Phi) is 5.39. The molecular weight excluding hydrogens is 380 g/mol. The standard InChI is InChI=1S/C22H26N6O2/c1-4-10-26-18-7-5-6-8-19(18)27(22(26)30)11-9-20(29)25-17-12-16-13-24-28(15(2)3)21(16)23-14-17/h5-8,12-15H,4,9-11H2,1-3H3,(H,25,29). The number of rotatable bonds is 7. The van der Waals surface area contributed by atoms with Gasteiger partial charge in [-0.1, -0.05) is 19.1 Å². The number of nitrogens with zero attached hydrogens (tertiary/aromatic N) is 5. The zero-order chi connectivity index (χ0) is 21.3. The van der Waals surface area contributed by atoms with Crippen molar-refractivity contribution >= 4 is 33.7 Å². The number of nitrogens with one attached hydrogen (secondary N) is 1. The summed E-state index contributed by atoms with van der Waals surface area (Å²) in [6.45, 7) is 7.12. The molecule has 8 nitrogen and oxygen atoms in total. The van der Waals surface area contributed by atoms with Crippen molar-refractivity contribution in [2.45, 2.75) is 52.7 Å². The van der Waals surface area contributed by atoms with Crippen LogP contribution < -0.4 is 11.0 Å². The molecular formula is C22H26N6O2. The van der Waals surface area contributed by atoms with Gasteiger partial charge in [0.2, 0.25) is 5.91 Å². The number of para-hydroxylation sites is 2. The molecule has 0 bridgehead atoms. The molecule has 4 aromatic rings. The summed E-state index contributed by atoms with van der Waals surface area (Å²) in [7, 11) is 0. The lowest BCUT2D eigenvalue weighted by Crippen LogP contribution is -2.26. The molecule has 0 aliphatic carbocycles. The monoisotopic (exact) mass is 406 g/mol. The maximum atomic E-state index is 12.8. The molecule has 1 amide bonds. The largest absolute Gasteiger partial charge is 0.329 e. The zero-order valence-corrected chi connectivity index (χ0v) is 17.5. The Hall–Kier alpha value is -3.42. The highest BCUT2D eigenvalue weighted by molar-refractivity contribution is 5.92. The first-order chi connectivity index (χ1) is 14.5. The molecule has 8 heteroatoms. The molecule has 0 fully saturated rings. The lowest BCUT2D eigenvalue weighted by Gasteiger charge is -2.08. The first kappa shape index (κ1) is 19.9. The van der Waals surface area contributed by atoms with Crippen molar-refractivity contribution in [1.29, 1.82) is 0 Å². The van der Waals surface area contributed by atoms with E-state index >= 15 is 0 Å². The van der Waals surface area contributed by atoms with Gasteiger partial charge in [-0.25, -0.2) is 14.5 Å². The second-order valence-corrected chi connectivity index (χ2v) is 7.69. The fourth-order valence-electron chi connectivity index (χ4n) is 3.75. The van der Waals surface area contributed by atoms with E-state index in [1.165, 1.54) is 0 Å². The fraction of sp³-hybridized carbons (Fsp3) is 0.364. The molecule has 0 aliphatic rings. The van der Waals surface area contributed by atoms with E-state index in [-0.39, 0.29) is 24.1 Å². The van der Waals surface area contributed by atoms with Gasteiger partial charge in [-0.15, -0.1) is 0 Å². The first-order valence-electron chi connectivity index (χ1n) is 10.3. The highest BCUT2D eigenvalue weighted by Crippen LogP contribution is 2.19. The van der Waals surface area contributed by atoms with Gasteiger partial charge < -0.3 is 5.32 Å². The van der Waals surface area contributed by atoms with Crippen LogP contribution in [0.1, 0.15) is 39.7 Å². The molecule has 3 aromatic heterocycles. The minimum atomic E-state index is -0.161. The molecule has 0 spiro atoms. The third-order valence-electron chi connectivity index (χ3n) is 5.14. The Labute approximate surface area is 174 Å². The van der Waals surface area contributed by atoms with E-state index in [0.717, 1.165) is 28.5 Å². The Bertz CT molecular complexity index is 1260. The Morgan fingerprint density at radius 1 is 1.10 bits per heavy atom.